The molecule has 2 aromatic carbocycles. The first-order valence-electron chi connectivity index (χ1n) is 10.3. The van der Waals surface area contributed by atoms with E-state index in [-0.39, 0.29) is 13.2 Å². The summed E-state index contributed by atoms with van der Waals surface area (Å²) in [5.74, 6) is 0.129. The third kappa shape index (κ3) is 5.67. The van der Waals surface area contributed by atoms with E-state index < -0.39 is 0 Å². The Balaban J connectivity index is 0.00000450. The van der Waals surface area contributed by atoms with Crippen LogP contribution in [0.15, 0.2) is 48.5 Å². The second-order valence-electron chi connectivity index (χ2n) is 6.71. The molecular weight excluding hydrogens is 367 g/mol. The zero-order chi connectivity index (χ0) is 21.2. The number of unbranched alkanes of at least 4 members (excludes halogenated alkanes) is 1. The Bertz CT molecular complexity index is 834. The van der Waals surface area contributed by atoms with Crippen molar-refractivity contribution in [3.8, 4) is 5.75 Å². The molecule has 0 aliphatic heterocycles. The molecule has 2 N–H and O–H groups in total. The number of carbonyl (C=O) groups excluding carboxylic acids is 1. The SMILES string of the molecule is CCC/C=C(/c1ccc(C(=O)N(CC)CC)cc1)c1c(F)cccc1OCCN.[HH]. The molecule has 0 aliphatic rings. The van der Waals surface area contributed by atoms with E-state index in [1.165, 1.54) is 6.07 Å². The van der Waals surface area contributed by atoms with Crippen LogP contribution in [0.2, 0.25) is 0 Å². The summed E-state index contributed by atoms with van der Waals surface area (Å²) in [4.78, 5) is 14.4. The Hall–Kier alpha value is -2.66. The molecule has 0 atom stereocenters. The van der Waals surface area contributed by atoms with Gasteiger partial charge in [-0.1, -0.05) is 37.6 Å². The lowest BCUT2D eigenvalue weighted by atomic mass is 9.94. The van der Waals surface area contributed by atoms with Crippen molar-refractivity contribution in [2.45, 2.75) is 33.6 Å². The molecule has 2 aromatic rings. The number of hydrogen-bond donors (Lipinski definition) is 1. The summed E-state index contributed by atoms with van der Waals surface area (Å²) in [5.41, 5.74) is 8.22. The first-order chi connectivity index (χ1) is 14.1. The largest absolute Gasteiger partial charge is 0.492 e. The van der Waals surface area contributed by atoms with Gasteiger partial charge in [-0.15, -0.1) is 0 Å². The highest BCUT2D eigenvalue weighted by Gasteiger charge is 2.18. The summed E-state index contributed by atoms with van der Waals surface area (Å²) in [6.07, 6.45) is 3.77. The Labute approximate surface area is 174 Å². The Morgan fingerprint density at radius 2 is 1.76 bits per heavy atom. The van der Waals surface area contributed by atoms with Crippen molar-refractivity contribution in [1.82, 2.24) is 4.90 Å². The van der Waals surface area contributed by atoms with E-state index in [9.17, 15) is 9.18 Å². The van der Waals surface area contributed by atoms with Crippen molar-refractivity contribution < 1.29 is 15.3 Å². The van der Waals surface area contributed by atoms with E-state index >= 15 is 0 Å². The lowest BCUT2D eigenvalue weighted by Gasteiger charge is -2.19. The second kappa shape index (κ2) is 11.4. The molecule has 0 unspecified atom stereocenters. The number of amides is 1. The Morgan fingerprint density at radius 1 is 1.10 bits per heavy atom. The fourth-order valence-electron chi connectivity index (χ4n) is 3.19. The summed E-state index contributed by atoms with van der Waals surface area (Å²) < 4.78 is 20.5. The van der Waals surface area contributed by atoms with Gasteiger partial charge in [-0.25, -0.2) is 4.39 Å². The van der Waals surface area contributed by atoms with Gasteiger partial charge < -0.3 is 15.4 Å². The van der Waals surface area contributed by atoms with Gasteiger partial charge >= 0.3 is 0 Å². The average Bonchev–Trinajstić information content (AvgIpc) is 2.74. The highest BCUT2D eigenvalue weighted by molar-refractivity contribution is 5.95. The number of hydrogen-bond acceptors (Lipinski definition) is 3. The minimum absolute atomic E-state index is 0. The van der Waals surface area contributed by atoms with Gasteiger partial charge in [0.05, 0.1) is 5.56 Å². The van der Waals surface area contributed by atoms with Crippen molar-refractivity contribution in [1.29, 1.82) is 0 Å². The van der Waals surface area contributed by atoms with Crippen LogP contribution in [-0.2, 0) is 0 Å². The Kier molecular flexibility index (Phi) is 8.87. The third-order valence-electron chi connectivity index (χ3n) is 4.75. The quantitative estimate of drug-likeness (QED) is 0.602. The van der Waals surface area contributed by atoms with Crippen LogP contribution in [0.5, 0.6) is 5.75 Å². The number of benzene rings is 2. The summed E-state index contributed by atoms with van der Waals surface area (Å²) in [5, 5.41) is 0. The topological polar surface area (TPSA) is 55.6 Å². The van der Waals surface area contributed by atoms with Gasteiger partial charge in [0.15, 0.2) is 0 Å². The van der Waals surface area contributed by atoms with Gasteiger partial charge in [-0.3, -0.25) is 4.79 Å². The molecule has 0 bridgehead atoms. The van der Waals surface area contributed by atoms with E-state index in [0.717, 1.165) is 24.0 Å². The van der Waals surface area contributed by atoms with Crippen LogP contribution >= 0.6 is 0 Å². The van der Waals surface area contributed by atoms with Crippen LogP contribution in [0.25, 0.3) is 5.57 Å². The molecule has 0 aromatic heterocycles. The number of rotatable bonds is 10. The number of allylic oxidation sites excluding steroid dienone is 1. The smallest absolute Gasteiger partial charge is 0.253 e. The first-order valence-corrected chi connectivity index (χ1v) is 10.3. The highest BCUT2D eigenvalue weighted by Crippen LogP contribution is 2.34. The molecule has 0 fully saturated rings. The molecule has 29 heavy (non-hydrogen) atoms. The standard InChI is InChI=1S/C24H31FN2O2.H2/c1-4-7-9-20(23-21(25)10-8-11-22(23)29-17-16-26)18-12-14-19(15-13-18)24(28)27(5-2)6-3;/h8-15H,4-7,16-17,26H2,1-3H3;1H/b20-9-;. The summed E-state index contributed by atoms with van der Waals surface area (Å²) in [7, 11) is 0. The van der Waals surface area contributed by atoms with Crippen LogP contribution in [0.1, 0.15) is 56.5 Å². The van der Waals surface area contributed by atoms with Gasteiger partial charge in [0.1, 0.15) is 18.2 Å². The molecule has 1 amide bonds. The maximum absolute atomic E-state index is 14.8. The fraction of sp³-hybridized carbons (Fsp3) is 0.375. The van der Waals surface area contributed by atoms with E-state index in [4.69, 9.17) is 10.5 Å². The molecule has 0 saturated heterocycles. The van der Waals surface area contributed by atoms with Crippen molar-refractivity contribution >= 4 is 11.5 Å². The normalized spacial score (nSPS) is 11.4. The molecule has 5 heteroatoms. The van der Waals surface area contributed by atoms with Gasteiger partial charge in [0.25, 0.3) is 5.91 Å². The maximum atomic E-state index is 14.8. The predicted molar refractivity (Wildman–Crippen MR) is 119 cm³/mol. The van der Waals surface area contributed by atoms with Crippen molar-refractivity contribution in [3.63, 3.8) is 0 Å². The summed E-state index contributed by atoms with van der Waals surface area (Å²) in [6.45, 7) is 7.99. The average molecular weight is 401 g/mol. The van der Waals surface area contributed by atoms with Gasteiger partial charge in [0, 0.05) is 26.6 Å². The lowest BCUT2D eigenvalue weighted by molar-refractivity contribution is 0.0773. The zero-order valence-corrected chi connectivity index (χ0v) is 17.6. The monoisotopic (exact) mass is 400 g/mol. The van der Waals surface area contributed by atoms with E-state index in [2.05, 4.69) is 6.92 Å². The van der Waals surface area contributed by atoms with Crippen LogP contribution in [0.4, 0.5) is 4.39 Å². The first kappa shape index (κ1) is 22.6. The molecule has 4 nitrogen and oxygen atoms in total. The van der Waals surface area contributed by atoms with Crippen molar-refractivity contribution in [2.75, 3.05) is 26.2 Å². The predicted octanol–water partition coefficient (Wildman–Crippen LogP) is 5.12. The summed E-state index contributed by atoms with van der Waals surface area (Å²) >= 11 is 0. The summed E-state index contributed by atoms with van der Waals surface area (Å²) in [6, 6.07) is 12.2. The highest BCUT2D eigenvalue weighted by atomic mass is 19.1. The fourth-order valence-corrected chi connectivity index (χ4v) is 3.19. The van der Waals surface area contributed by atoms with Crippen LogP contribution < -0.4 is 10.5 Å². The lowest BCUT2D eigenvalue weighted by Crippen LogP contribution is -2.30. The van der Waals surface area contributed by atoms with Crippen LogP contribution in [-0.4, -0.2) is 37.0 Å². The van der Waals surface area contributed by atoms with Gasteiger partial charge in [-0.2, -0.15) is 0 Å². The molecule has 0 radical (unpaired) electrons. The maximum Gasteiger partial charge on any atom is 0.253 e. The number of ether oxygens (including phenoxy) is 1. The number of nitrogens with zero attached hydrogens (tertiary/aromatic N) is 1. The van der Waals surface area contributed by atoms with E-state index in [1.807, 2.05) is 32.1 Å². The van der Waals surface area contributed by atoms with Crippen LogP contribution in [0.3, 0.4) is 0 Å². The van der Waals surface area contributed by atoms with Crippen molar-refractivity contribution in [2.24, 2.45) is 5.73 Å². The number of nitrogens with two attached hydrogens (primary N) is 1. The van der Waals surface area contributed by atoms with Gasteiger partial charge in [-0.05, 0) is 55.7 Å². The molecule has 158 valence electrons. The van der Waals surface area contributed by atoms with E-state index in [1.54, 1.807) is 29.2 Å². The minimum atomic E-state index is -0.342. The Morgan fingerprint density at radius 3 is 2.34 bits per heavy atom. The number of halogens is 1. The van der Waals surface area contributed by atoms with Gasteiger partial charge in [0.2, 0.25) is 0 Å². The molecule has 0 saturated carbocycles. The molecular formula is C24H33FN2O2. The minimum Gasteiger partial charge on any atom is -0.492 e. The molecule has 2 rings (SSSR count). The zero-order valence-electron chi connectivity index (χ0n) is 17.6. The number of carbonyl (C=O) groups is 1. The molecule has 0 aliphatic carbocycles. The third-order valence-corrected chi connectivity index (χ3v) is 4.75. The molecule has 0 heterocycles. The second-order valence-corrected chi connectivity index (χ2v) is 6.71. The van der Waals surface area contributed by atoms with Crippen LogP contribution in [0, 0.1) is 5.82 Å². The van der Waals surface area contributed by atoms with E-state index in [0.29, 0.717) is 43.1 Å². The van der Waals surface area contributed by atoms with Crippen molar-refractivity contribution in [3.05, 3.63) is 71.0 Å². The molecule has 0 spiro atoms.